The average Bonchev–Trinajstić information content (AvgIpc) is 3.21. The van der Waals surface area contributed by atoms with Gasteiger partial charge in [-0.1, -0.05) is 127 Å². The summed E-state index contributed by atoms with van der Waals surface area (Å²) in [5, 5.41) is 0. The van der Waals surface area contributed by atoms with Crippen molar-refractivity contribution in [3.05, 3.63) is 164 Å². The summed E-state index contributed by atoms with van der Waals surface area (Å²) in [7, 11) is 0. The first-order chi connectivity index (χ1) is 21.3. The van der Waals surface area contributed by atoms with Crippen LogP contribution in [0.1, 0.15) is 0 Å². The van der Waals surface area contributed by atoms with Gasteiger partial charge in [-0.15, -0.1) is 0 Å². The standard InChI is InChI=1S/C40H27N3/c1-4-14-28(15-5-1)36-27-37(42-40(41-36)29-16-6-2-7-17-29)30-24-25-32-33-20-10-12-22-38(33)43(31-18-8-3-9-19-31)39-23-13-11-21-34(39)35(32)26-30/h1-27H. The van der Waals surface area contributed by atoms with Gasteiger partial charge in [0.05, 0.1) is 22.8 Å². The van der Waals surface area contributed by atoms with E-state index in [-0.39, 0.29) is 0 Å². The van der Waals surface area contributed by atoms with E-state index in [1.807, 2.05) is 24.3 Å². The molecule has 0 saturated carbocycles. The van der Waals surface area contributed by atoms with Crippen molar-refractivity contribution in [2.45, 2.75) is 0 Å². The summed E-state index contributed by atoms with van der Waals surface area (Å²) in [4.78, 5) is 12.5. The Balaban J connectivity index is 1.36. The number of aromatic nitrogens is 2. The highest BCUT2D eigenvalue weighted by molar-refractivity contribution is 6.03. The number of hydrogen-bond acceptors (Lipinski definition) is 3. The van der Waals surface area contributed by atoms with E-state index in [9.17, 15) is 0 Å². The van der Waals surface area contributed by atoms with E-state index in [0.29, 0.717) is 5.82 Å². The van der Waals surface area contributed by atoms with Crippen LogP contribution in [0.3, 0.4) is 0 Å². The van der Waals surface area contributed by atoms with Crippen molar-refractivity contribution >= 4 is 17.1 Å². The molecule has 1 aliphatic heterocycles. The molecule has 202 valence electrons. The SMILES string of the molecule is c1ccc(-c2cc(-c3ccc4c(c3)-c3ccccc3N(c3ccccc3)c3ccccc3-4)nc(-c3ccccc3)n2)cc1. The zero-order valence-electron chi connectivity index (χ0n) is 23.4. The molecular formula is C40H27N3. The van der Waals surface area contributed by atoms with Crippen LogP contribution < -0.4 is 4.90 Å². The Morgan fingerprint density at radius 2 is 0.860 bits per heavy atom. The minimum atomic E-state index is 0.716. The fourth-order valence-electron chi connectivity index (χ4n) is 6.01. The van der Waals surface area contributed by atoms with Crippen LogP contribution in [0.15, 0.2) is 164 Å². The second kappa shape index (κ2) is 10.6. The molecule has 1 aromatic heterocycles. The molecule has 3 heteroatoms. The van der Waals surface area contributed by atoms with E-state index < -0.39 is 0 Å². The van der Waals surface area contributed by atoms with E-state index in [1.165, 1.54) is 22.3 Å². The van der Waals surface area contributed by atoms with Gasteiger partial charge in [-0.2, -0.15) is 0 Å². The summed E-state index contributed by atoms with van der Waals surface area (Å²) in [6, 6.07) is 57.4. The fourth-order valence-corrected chi connectivity index (χ4v) is 6.01. The Hall–Kier alpha value is -5.80. The molecular weight excluding hydrogens is 522 g/mol. The zero-order chi connectivity index (χ0) is 28.6. The van der Waals surface area contributed by atoms with Gasteiger partial charge in [-0.3, -0.25) is 0 Å². The minimum absolute atomic E-state index is 0.716. The lowest BCUT2D eigenvalue weighted by molar-refractivity contribution is 1.18. The van der Waals surface area contributed by atoms with E-state index >= 15 is 0 Å². The van der Waals surface area contributed by atoms with Crippen LogP contribution >= 0.6 is 0 Å². The molecule has 0 unspecified atom stereocenters. The molecule has 43 heavy (non-hydrogen) atoms. The summed E-state index contributed by atoms with van der Waals surface area (Å²) >= 11 is 0. The lowest BCUT2D eigenvalue weighted by Gasteiger charge is -2.27. The molecule has 0 amide bonds. The quantitative estimate of drug-likeness (QED) is 0.219. The van der Waals surface area contributed by atoms with Crippen LogP contribution in [0.25, 0.3) is 56.2 Å². The number of hydrogen-bond donors (Lipinski definition) is 0. The van der Waals surface area contributed by atoms with Crippen molar-refractivity contribution in [1.29, 1.82) is 0 Å². The number of para-hydroxylation sites is 3. The third kappa shape index (κ3) is 4.48. The Labute approximate surface area is 251 Å². The second-order valence-corrected chi connectivity index (χ2v) is 10.7. The third-order valence-electron chi connectivity index (χ3n) is 8.03. The molecule has 0 saturated heterocycles. The van der Waals surface area contributed by atoms with Gasteiger partial charge < -0.3 is 4.90 Å². The molecule has 6 aromatic carbocycles. The Kier molecular flexibility index (Phi) is 6.12. The number of rotatable bonds is 4. The average molecular weight is 550 g/mol. The molecule has 0 spiro atoms. The molecule has 0 aliphatic carbocycles. The molecule has 0 atom stereocenters. The van der Waals surface area contributed by atoms with Gasteiger partial charge in [0.2, 0.25) is 0 Å². The van der Waals surface area contributed by atoms with Crippen molar-refractivity contribution in [3.63, 3.8) is 0 Å². The largest absolute Gasteiger partial charge is 0.309 e. The maximum absolute atomic E-state index is 5.11. The van der Waals surface area contributed by atoms with Crippen LogP contribution in [0.5, 0.6) is 0 Å². The van der Waals surface area contributed by atoms with Crippen LogP contribution in [0.4, 0.5) is 17.1 Å². The Morgan fingerprint density at radius 1 is 0.349 bits per heavy atom. The minimum Gasteiger partial charge on any atom is -0.309 e. The fraction of sp³-hybridized carbons (Fsp3) is 0. The van der Waals surface area contributed by atoms with Crippen molar-refractivity contribution in [2.75, 3.05) is 4.90 Å². The molecule has 7 aromatic rings. The summed E-state index contributed by atoms with van der Waals surface area (Å²) in [5.74, 6) is 0.716. The molecule has 0 fully saturated rings. The Bertz CT molecular complexity index is 2010. The van der Waals surface area contributed by atoms with Crippen molar-refractivity contribution < 1.29 is 0 Å². The summed E-state index contributed by atoms with van der Waals surface area (Å²) < 4.78 is 0. The van der Waals surface area contributed by atoms with Gasteiger partial charge >= 0.3 is 0 Å². The second-order valence-electron chi connectivity index (χ2n) is 10.7. The monoisotopic (exact) mass is 549 g/mol. The highest BCUT2D eigenvalue weighted by Crippen LogP contribution is 2.51. The number of nitrogens with zero attached hydrogens (tertiary/aromatic N) is 3. The maximum atomic E-state index is 5.11. The topological polar surface area (TPSA) is 29.0 Å². The van der Waals surface area contributed by atoms with Gasteiger partial charge in [0.1, 0.15) is 0 Å². The highest BCUT2D eigenvalue weighted by atomic mass is 15.1. The molecule has 8 rings (SSSR count). The summed E-state index contributed by atoms with van der Waals surface area (Å²) in [6.07, 6.45) is 0. The molecule has 0 N–H and O–H groups in total. The van der Waals surface area contributed by atoms with Crippen LogP contribution in [-0.2, 0) is 0 Å². The molecule has 0 bridgehead atoms. The van der Waals surface area contributed by atoms with Crippen molar-refractivity contribution in [2.24, 2.45) is 0 Å². The van der Waals surface area contributed by atoms with E-state index in [4.69, 9.17) is 9.97 Å². The lowest BCUT2D eigenvalue weighted by Crippen LogP contribution is -2.10. The van der Waals surface area contributed by atoms with E-state index in [1.54, 1.807) is 0 Å². The smallest absolute Gasteiger partial charge is 0.160 e. The third-order valence-corrected chi connectivity index (χ3v) is 8.03. The van der Waals surface area contributed by atoms with Crippen LogP contribution in [0.2, 0.25) is 0 Å². The van der Waals surface area contributed by atoms with Crippen molar-refractivity contribution in [3.8, 4) is 56.2 Å². The molecule has 3 nitrogen and oxygen atoms in total. The first kappa shape index (κ1) is 25.0. The first-order valence-corrected chi connectivity index (χ1v) is 14.5. The predicted molar refractivity (Wildman–Crippen MR) is 177 cm³/mol. The zero-order valence-corrected chi connectivity index (χ0v) is 23.4. The van der Waals surface area contributed by atoms with Gasteiger partial charge in [0, 0.05) is 33.5 Å². The Morgan fingerprint density at radius 3 is 1.51 bits per heavy atom. The number of benzene rings is 6. The van der Waals surface area contributed by atoms with Gasteiger partial charge in [0.25, 0.3) is 0 Å². The predicted octanol–water partition coefficient (Wildman–Crippen LogP) is 10.6. The van der Waals surface area contributed by atoms with Crippen LogP contribution in [-0.4, -0.2) is 9.97 Å². The van der Waals surface area contributed by atoms with Crippen LogP contribution in [0, 0.1) is 0 Å². The van der Waals surface area contributed by atoms with Gasteiger partial charge in [0.15, 0.2) is 5.82 Å². The molecule has 1 aliphatic rings. The first-order valence-electron chi connectivity index (χ1n) is 14.5. The maximum Gasteiger partial charge on any atom is 0.160 e. The summed E-state index contributed by atoms with van der Waals surface area (Å²) in [5.41, 5.74) is 13.1. The number of fused-ring (bicyclic) bond motifs is 5. The van der Waals surface area contributed by atoms with Gasteiger partial charge in [-0.05, 0) is 47.5 Å². The highest BCUT2D eigenvalue weighted by Gasteiger charge is 2.26. The van der Waals surface area contributed by atoms with Gasteiger partial charge in [-0.25, -0.2) is 9.97 Å². The normalized spacial score (nSPS) is 11.7. The number of anilines is 3. The van der Waals surface area contributed by atoms with Crippen molar-refractivity contribution in [1.82, 2.24) is 9.97 Å². The summed E-state index contributed by atoms with van der Waals surface area (Å²) in [6.45, 7) is 0. The molecule has 0 radical (unpaired) electrons. The van der Waals surface area contributed by atoms with E-state index in [0.717, 1.165) is 45.1 Å². The lowest BCUT2D eigenvalue weighted by atomic mass is 9.92. The molecule has 2 heterocycles. The van der Waals surface area contributed by atoms with E-state index in [2.05, 4.69) is 144 Å².